The molecule has 1 unspecified atom stereocenters. The van der Waals surface area contributed by atoms with Crippen molar-refractivity contribution >= 4 is 22.8 Å². The molecule has 0 aromatic heterocycles. The van der Waals surface area contributed by atoms with Gasteiger partial charge in [-0.2, -0.15) is 0 Å². The molecule has 2 N–H and O–H groups in total. The van der Waals surface area contributed by atoms with Gasteiger partial charge in [-0.1, -0.05) is 24.3 Å². The van der Waals surface area contributed by atoms with E-state index in [1.54, 1.807) is 11.2 Å². The summed E-state index contributed by atoms with van der Waals surface area (Å²) >= 11 is 0. The number of nitrogens with zero attached hydrogens (tertiary/aromatic N) is 1. The van der Waals surface area contributed by atoms with Crippen molar-refractivity contribution in [2.75, 3.05) is 19.3 Å². The zero-order valence-corrected chi connectivity index (χ0v) is 14.0. The summed E-state index contributed by atoms with van der Waals surface area (Å²) in [7, 11) is -0.869. The van der Waals surface area contributed by atoms with Crippen molar-refractivity contribution in [1.29, 1.82) is 0 Å². The summed E-state index contributed by atoms with van der Waals surface area (Å²) in [6, 6.07) is 7.39. The van der Waals surface area contributed by atoms with E-state index in [4.69, 9.17) is 5.11 Å². The Kier molecular flexibility index (Phi) is 6.15. The molecule has 0 bridgehead atoms. The fraction of sp³-hybridized carbons (Fsp3) is 0.500. The average molecular weight is 338 g/mol. The van der Waals surface area contributed by atoms with Gasteiger partial charge in [0.25, 0.3) is 0 Å². The Labute approximate surface area is 138 Å². The van der Waals surface area contributed by atoms with Crippen molar-refractivity contribution in [2.24, 2.45) is 5.92 Å². The maximum atomic E-state index is 12.1. The number of benzene rings is 1. The van der Waals surface area contributed by atoms with Gasteiger partial charge in [0, 0.05) is 42.4 Å². The van der Waals surface area contributed by atoms with Crippen LogP contribution in [-0.2, 0) is 27.9 Å². The van der Waals surface area contributed by atoms with Crippen LogP contribution in [0.25, 0.3) is 0 Å². The van der Waals surface area contributed by atoms with Crippen LogP contribution in [0.15, 0.2) is 24.3 Å². The van der Waals surface area contributed by atoms with E-state index < -0.39 is 22.7 Å². The van der Waals surface area contributed by atoms with E-state index in [2.05, 4.69) is 5.32 Å². The van der Waals surface area contributed by atoms with E-state index in [0.29, 0.717) is 31.7 Å². The first-order valence-corrected chi connectivity index (χ1v) is 9.32. The summed E-state index contributed by atoms with van der Waals surface area (Å²) in [4.78, 5) is 24.7. The molecule has 1 aromatic carbocycles. The third kappa shape index (κ3) is 5.35. The Morgan fingerprint density at radius 2 is 1.96 bits per heavy atom. The quantitative estimate of drug-likeness (QED) is 0.853. The first-order chi connectivity index (χ1) is 11.0. The highest BCUT2D eigenvalue weighted by Gasteiger charge is 2.27. The molecule has 0 saturated carbocycles. The second-order valence-corrected chi connectivity index (χ2v) is 7.25. The smallest absolute Gasteiger partial charge is 0.317 e. The molecule has 2 rings (SSSR count). The van der Waals surface area contributed by atoms with E-state index in [-0.39, 0.29) is 12.6 Å². The van der Waals surface area contributed by atoms with Crippen molar-refractivity contribution in [1.82, 2.24) is 10.2 Å². The third-order valence-corrected chi connectivity index (χ3v) is 4.63. The minimum Gasteiger partial charge on any atom is -0.481 e. The predicted octanol–water partition coefficient (Wildman–Crippen LogP) is 1.57. The number of rotatable bonds is 5. The molecule has 2 atom stereocenters. The molecule has 0 spiro atoms. The standard InChI is InChI=1S/C16H22N2O4S/c1-23(22)11-13-6-4-12(5-7-13)9-17-16(21)18-8-2-3-14(10-18)15(19)20/h4-7,14H,2-3,8-11H2,1H3,(H,17,21)(H,19,20)/t14-,23?/m0/s1. The topological polar surface area (TPSA) is 86.7 Å². The number of aliphatic carboxylic acids is 1. The van der Waals surface area contributed by atoms with Gasteiger partial charge < -0.3 is 15.3 Å². The molecule has 1 aliphatic heterocycles. The molecule has 23 heavy (non-hydrogen) atoms. The van der Waals surface area contributed by atoms with Crippen LogP contribution in [-0.4, -0.2) is 45.6 Å². The van der Waals surface area contributed by atoms with E-state index in [9.17, 15) is 13.8 Å². The molecule has 2 amide bonds. The number of carbonyl (C=O) groups excluding carboxylic acids is 1. The number of urea groups is 1. The van der Waals surface area contributed by atoms with Crippen LogP contribution in [0.3, 0.4) is 0 Å². The summed E-state index contributed by atoms with van der Waals surface area (Å²) < 4.78 is 11.2. The largest absolute Gasteiger partial charge is 0.481 e. The van der Waals surface area contributed by atoms with E-state index in [1.165, 1.54) is 0 Å². The molecule has 0 aliphatic carbocycles. The normalized spacial score (nSPS) is 19.2. The summed E-state index contributed by atoms with van der Waals surface area (Å²) in [5.74, 6) is -0.785. The molecule has 1 aliphatic rings. The van der Waals surface area contributed by atoms with E-state index in [1.807, 2.05) is 24.3 Å². The summed E-state index contributed by atoms with van der Waals surface area (Å²) in [6.07, 6.45) is 3.00. The van der Waals surface area contributed by atoms with E-state index >= 15 is 0 Å². The first-order valence-electron chi connectivity index (χ1n) is 7.59. The number of carboxylic acids is 1. The lowest BCUT2D eigenvalue weighted by Gasteiger charge is -2.30. The summed E-state index contributed by atoms with van der Waals surface area (Å²) in [5.41, 5.74) is 1.96. The minimum absolute atomic E-state index is 0.227. The van der Waals surface area contributed by atoms with Crippen molar-refractivity contribution in [3.05, 3.63) is 35.4 Å². The molecule has 6 nitrogen and oxygen atoms in total. The molecular formula is C16H22N2O4S. The number of hydrogen-bond donors (Lipinski definition) is 2. The predicted molar refractivity (Wildman–Crippen MR) is 88.4 cm³/mol. The van der Waals surface area contributed by atoms with Gasteiger partial charge in [0.15, 0.2) is 0 Å². The number of carboxylic acid groups (broad SMARTS) is 1. The number of nitrogens with one attached hydrogen (secondary N) is 1. The Balaban J connectivity index is 1.84. The molecule has 1 saturated heterocycles. The number of carbonyl (C=O) groups is 2. The average Bonchev–Trinajstić information content (AvgIpc) is 2.53. The zero-order valence-electron chi connectivity index (χ0n) is 13.2. The fourth-order valence-corrected chi connectivity index (χ4v) is 3.30. The highest BCUT2D eigenvalue weighted by atomic mass is 32.2. The highest BCUT2D eigenvalue weighted by Crippen LogP contribution is 2.16. The van der Waals surface area contributed by atoms with Crippen molar-refractivity contribution in [3.63, 3.8) is 0 Å². The van der Waals surface area contributed by atoms with Crippen molar-refractivity contribution in [2.45, 2.75) is 25.1 Å². The van der Waals surface area contributed by atoms with Crippen molar-refractivity contribution in [3.8, 4) is 0 Å². The molecule has 0 radical (unpaired) electrons. The lowest BCUT2D eigenvalue weighted by molar-refractivity contribution is -0.143. The van der Waals surface area contributed by atoms with Gasteiger partial charge in [-0.15, -0.1) is 0 Å². The second kappa shape index (κ2) is 8.10. The summed E-state index contributed by atoms with van der Waals surface area (Å²) in [6.45, 7) is 1.25. The lowest BCUT2D eigenvalue weighted by atomic mass is 9.99. The molecule has 126 valence electrons. The van der Waals surface area contributed by atoms with Gasteiger partial charge in [-0.25, -0.2) is 4.79 Å². The number of piperidine rings is 1. The third-order valence-electron chi connectivity index (χ3n) is 3.89. The van der Waals surface area contributed by atoms with Gasteiger partial charge in [0.05, 0.1) is 5.92 Å². The monoisotopic (exact) mass is 338 g/mol. The van der Waals surface area contributed by atoms with E-state index in [0.717, 1.165) is 11.1 Å². The van der Waals surface area contributed by atoms with Crippen LogP contribution in [0.2, 0.25) is 0 Å². The van der Waals surface area contributed by atoms with Crippen LogP contribution >= 0.6 is 0 Å². The van der Waals surface area contributed by atoms with Gasteiger partial charge in [0.2, 0.25) is 0 Å². The maximum Gasteiger partial charge on any atom is 0.317 e. The molecule has 1 heterocycles. The van der Waals surface area contributed by atoms with Crippen LogP contribution in [0.1, 0.15) is 24.0 Å². The zero-order chi connectivity index (χ0) is 16.8. The van der Waals surface area contributed by atoms with Gasteiger partial charge in [0.1, 0.15) is 0 Å². The Bertz CT molecular complexity index is 588. The number of likely N-dealkylation sites (tertiary alicyclic amines) is 1. The Morgan fingerprint density at radius 3 is 2.57 bits per heavy atom. The molecule has 1 fully saturated rings. The van der Waals surface area contributed by atoms with Crippen LogP contribution in [0, 0.1) is 5.92 Å². The second-order valence-electron chi connectivity index (χ2n) is 5.82. The number of amides is 2. The minimum atomic E-state index is -0.869. The molecular weight excluding hydrogens is 316 g/mol. The highest BCUT2D eigenvalue weighted by molar-refractivity contribution is 7.83. The first kappa shape index (κ1) is 17.5. The Hall–Kier alpha value is -1.89. The van der Waals surface area contributed by atoms with Gasteiger partial charge in [-0.3, -0.25) is 9.00 Å². The van der Waals surface area contributed by atoms with Crippen LogP contribution < -0.4 is 5.32 Å². The number of hydrogen-bond acceptors (Lipinski definition) is 3. The SMILES string of the molecule is CS(=O)Cc1ccc(CNC(=O)N2CCC[C@H](C(=O)O)C2)cc1. The lowest BCUT2D eigenvalue weighted by Crippen LogP contribution is -2.46. The molecule has 1 aromatic rings. The van der Waals surface area contributed by atoms with Crippen LogP contribution in [0.5, 0.6) is 0 Å². The fourth-order valence-electron chi connectivity index (χ4n) is 2.64. The van der Waals surface area contributed by atoms with Crippen molar-refractivity contribution < 1.29 is 18.9 Å². The Morgan fingerprint density at radius 1 is 1.30 bits per heavy atom. The van der Waals surface area contributed by atoms with Gasteiger partial charge >= 0.3 is 12.0 Å². The van der Waals surface area contributed by atoms with Crippen LogP contribution in [0.4, 0.5) is 4.79 Å². The molecule has 7 heteroatoms. The maximum absolute atomic E-state index is 12.1. The summed E-state index contributed by atoms with van der Waals surface area (Å²) in [5, 5.41) is 11.9. The van der Waals surface area contributed by atoms with Gasteiger partial charge in [-0.05, 0) is 24.0 Å².